The van der Waals surface area contributed by atoms with Gasteiger partial charge in [0.1, 0.15) is 0 Å². The molecule has 132 valence electrons. The molecule has 2 aliphatic rings. The molecule has 0 atom stereocenters. The molecule has 4 nitrogen and oxygen atoms in total. The maximum absolute atomic E-state index is 12.4. The number of fused-ring (bicyclic) bond motifs is 2. The molecule has 6 rings (SSSR count). The molecule has 0 saturated heterocycles. The van der Waals surface area contributed by atoms with E-state index in [-0.39, 0.29) is 0 Å². The van der Waals surface area contributed by atoms with Crippen LogP contribution in [0.3, 0.4) is 0 Å². The van der Waals surface area contributed by atoms with Crippen LogP contribution in [0, 0.1) is 0 Å². The molecule has 0 aromatic heterocycles. The summed E-state index contributed by atoms with van der Waals surface area (Å²) in [7, 11) is 0. The first kappa shape index (κ1) is 15.2. The number of benzene rings is 4. The lowest BCUT2D eigenvalue weighted by Crippen LogP contribution is -2.16. The minimum atomic E-state index is -0.430. The topological polar surface area (TPSA) is 46.6 Å². The van der Waals surface area contributed by atoms with Crippen molar-refractivity contribution in [1.82, 2.24) is 0 Å². The third-order valence-corrected chi connectivity index (χ3v) is 5.39. The van der Waals surface area contributed by atoms with Gasteiger partial charge in [-0.15, -0.1) is 0 Å². The quantitative estimate of drug-likeness (QED) is 0.353. The van der Waals surface area contributed by atoms with Crippen LogP contribution in [0.1, 0.15) is 20.7 Å². The fraction of sp³-hybridized carbons (Fsp3) is 0. The zero-order chi connectivity index (χ0) is 18.8. The molecule has 1 aliphatic carbocycles. The second kappa shape index (κ2) is 5.30. The SMILES string of the molecule is O=C1C(=O)c2ccc(N3c4ccccc4Oc4ccccc43)c3cccc1c23. The van der Waals surface area contributed by atoms with Crippen LogP contribution in [0.5, 0.6) is 11.5 Å². The summed E-state index contributed by atoms with van der Waals surface area (Å²) in [4.78, 5) is 26.9. The molecule has 0 saturated carbocycles. The van der Waals surface area contributed by atoms with Crippen molar-refractivity contribution in [3.05, 3.63) is 90.0 Å². The number of hydrogen-bond acceptors (Lipinski definition) is 4. The molecule has 0 spiro atoms. The molecule has 0 unspecified atom stereocenters. The predicted octanol–water partition coefficient (Wildman–Crippen LogP) is 5.79. The molecule has 0 bridgehead atoms. The highest BCUT2D eigenvalue weighted by molar-refractivity contribution is 6.57. The van der Waals surface area contributed by atoms with Crippen LogP contribution in [0.25, 0.3) is 10.8 Å². The molecule has 4 heteroatoms. The third kappa shape index (κ3) is 1.84. The van der Waals surface area contributed by atoms with E-state index in [0.29, 0.717) is 11.1 Å². The number of carbonyl (C=O) groups excluding carboxylic acids is 2. The lowest BCUT2D eigenvalue weighted by molar-refractivity contribution is 0.0825. The van der Waals surface area contributed by atoms with Gasteiger partial charge in [-0.05, 0) is 36.4 Å². The van der Waals surface area contributed by atoms with Gasteiger partial charge in [0, 0.05) is 21.9 Å². The fourth-order valence-electron chi connectivity index (χ4n) is 4.17. The van der Waals surface area contributed by atoms with Gasteiger partial charge in [0.25, 0.3) is 0 Å². The highest BCUT2D eigenvalue weighted by Crippen LogP contribution is 2.52. The van der Waals surface area contributed by atoms with Gasteiger partial charge in [0.15, 0.2) is 11.5 Å². The van der Waals surface area contributed by atoms with Crippen LogP contribution < -0.4 is 9.64 Å². The lowest BCUT2D eigenvalue weighted by Gasteiger charge is -2.33. The number of nitrogens with zero attached hydrogens (tertiary/aromatic N) is 1. The average molecular weight is 363 g/mol. The standard InChI is InChI=1S/C24H13NO3/c26-23-15-7-5-6-14-17(13-12-16(22(14)15)24(23)27)25-18-8-1-3-10-20(18)28-21-11-4-2-9-19(21)25/h1-13H. The molecular weight excluding hydrogens is 350 g/mol. The van der Waals surface area contributed by atoms with Crippen LogP contribution in [0.15, 0.2) is 78.9 Å². The van der Waals surface area contributed by atoms with Crippen LogP contribution in [-0.2, 0) is 0 Å². The number of rotatable bonds is 1. The van der Waals surface area contributed by atoms with Gasteiger partial charge in [-0.2, -0.15) is 0 Å². The molecule has 0 radical (unpaired) electrons. The first-order chi connectivity index (χ1) is 13.7. The van der Waals surface area contributed by atoms with E-state index in [9.17, 15) is 9.59 Å². The van der Waals surface area contributed by atoms with Crippen molar-refractivity contribution >= 4 is 39.4 Å². The third-order valence-electron chi connectivity index (χ3n) is 5.39. The van der Waals surface area contributed by atoms with Crippen LogP contribution in [-0.4, -0.2) is 11.6 Å². The summed E-state index contributed by atoms with van der Waals surface area (Å²) >= 11 is 0. The van der Waals surface area contributed by atoms with E-state index < -0.39 is 11.6 Å². The summed E-state index contributed by atoms with van der Waals surface area (Å²) in [6.45, 7) is 0. The Morgan fingerprint density at radius 2 is 1.18 bits per heavy atom. The molecular formula is C24H13NO3. The van der Waals surface area contributed by atoms with E-state index >= 15 is 0 Å². The molecule has 1 heterocycles. The Hall–Kier alpha value is -3.92. The smallest absolute Gasteiger partial charge is 0.234 e. The van der Waals surface area contributed by atoms with Crippen molar-refractivity contribution in [2.24, 2.45) is 0 Å². The molecule has 4 aromatic rings. The number of carbonyl (C=O) groups is 2. The minimum Gasteiger partial charge on any atom is -0.453 e. The Morgan fingerprint density at radius 3 is 1.86 bits per heavy atom. The van der Waals surface area contributed by atoms with E-state index in [0.717, 1.165) is 39.3 Å². The summed E-state index contributed by atoms with van der Waals surface area (Å²) in [6.07, 6.45) is 0. The molecule has 0 amide bonds. The van der Waals surface area contributed by atoms with Gasteiger partial charge in [-0.25, -0.2) is 0 Å². The molecule has 28 heavy (non-hydrogen) atoms. The Labute approximate surface area is 160 Å². The lowest BCUT2D eigenvalue weighted by atomic mass is 10.0. The van der Waals surface area contributed by atoms with Crippen molar-refractivity contribution in [2.75, 3.05) is 4.90 Å². The summed E-state index contributed by atoms with van der Waals surface area (Å²) in [5.41, 5.74) is 3.70. The molecule has 1 aliphatic heterocycles. The largest absolute Gasteiger partial charge is 0.453 e. The van der Waals surface area contributed by atoms with E-state index in [2.05, 4.69) is 4.90 Å². The van der Waals surface area contributed by atoms with Gasteiger partial charge < -0.3 is 9.64 Å². The highest BCUT2D eigenvalue weighted by Gasteiger charge is 2.33. The van der Waals surface area contributed by atoms with Crippen molar-refractivity contribution in [2.45, 2.75) is 0 Å². The first-order valence-electron chi connectivity index (χ1n) is 9.05. The number of anilines is 3. The number of ether oxygens (including phenoxy) is 1. The van der Waals surface area contributed by atoms with Gasteiger partial charge in [0.2, 0.25) is 11.6 Å². The van der Waals surface area contributed by atoms with Gasteiger partial charge in [0.05, 0.1) is 17.1 Å². The van der Waals surface area contributed by atoms with Crippen LogP contribution in [0.4, 0.5) is 17.1 Å². The highest BCUT2D eigenvalue weighted by atomic mass is 16.5. The summed E-state index contributed by atoms with van der Waals surface area (Å²) in [6, 6.07) is 24.9. The monoisotopic (exact) mass is 363 g/mol. The van der Waals surface area contributed by atoms with Gasteiger partial charge in [-0.3, -0.25) is 9.59 Å². The summed E-state index contributed by atoms with van der Waals surface area (Å²) < 4.78 is 6.09. The van der Waals surface area contributed by atoms with Crippen molar-refractivity contribution in [3.8, 4) is 11.5 Å². The Balaban J connectivity index is 1.71. The summed E-state index contributed by atoms with van der Waals surface area (Å²) in [5.74, 6) is 0.661. The maximum Gasteiger partial charge on any atom is 0.234 e. The Bertz CT molecular complexity index is 1270. The van der Waals surface area contributed by atoms with Gasteiger partial charge >= 0.3 is 0 Å². The minimum absolute atomic E-state index is 0.430. The zero-order valence-electron chi connectivity index (χ0n) is 14.7. The normalized spacial score (nSPS) is 14.1. The first-order valence-corrected chi connectivity index (χ1v) is 9.05. The van der Waals surface area contributed by atoms with Crippen LogP contribution >= 0.6 is 0 Å². The number of ketones is 2. The molecule has 0 N–H and O–H groups in total. The average Bonchev–Trinajstić information content (AvgIpc) is 2.99. The van der Waals surface area contributed by atoms with Crippen LogP contribution in [0.2, 0.25) is 0 Å². The molecule has 0 fully saturated rings. The van der Waals surface area contributed by atoms with E-state index in [1.807, 2.05) is 66.7 Å². The number of hydrogen-bond donors (Lipinski definition) is 0. The molecule has 4 aromatic carbocycles. The van der Waals surface area contributed by atoms with E-state index in [4.69, 9.17) is 4.74 Å². The fourth-order valence-corrected chi connectivity index (χ4v) is 4.17. The number of Topliss-reactive ketones (excluding diaryl/α,β-unsaturated/α-hetero) is 2. The van der Waals surface area contributed by atoms with Crippen molar-refractivity contribution in [3.63, 3.8) is 0 Å². The summed E-state index contributed by atoms with van der Waals surface area (Å²) in [5, 5.41) is 1.61. The second-order valence-corrected chi connectivity index (χ2v) is 6.89. The zero-order valence-corrected chi connectivity index (χ0v) is 14.7. The Morgan fingerprint density at radius 1 is 0.571 bits per heavy atom. The van der Waals surface area contributed by atoms with Gasteiger partial charge in [-0.1, -0.05) is 42.5 Å². The van der Waals surface area contributed by atoms with E-state index in [1.165, 1.54) is 0 Å². The maximum atomic E-state index is 12.4. The van der Waals surface area contributed by atoms with E-state index in [1.54, 1.807) is 12.1 Å². The van der Waals surface area contributed by atoms with Crippen molar-refractivity contribution < 1.29 is 14.3 Å². The van der Waals surface area contributed by atoms with Crippen molar-refractivity contribution in [1.29, 1.82) is 0 Å². The number of para-hydroxylation sites is 4. The predicted molar refractivity (Wildman–Crippen MR) is 107 cm³/mol. The second-order valence-electron chi connectivity index (χ2n) is 6.89. The Kier molecular flexibility index (Phi) is 2.87.